The van der Waals surface area contributed by atoms with E-state index in [2.05, 4.69) is 5.32 Å². The van der Waals surface area contributed by atoms with Crippen LogP contribution in [0, 0.1) is 0 Å². The number of hydrogen-bond acceptors (Lipinski definition) is 3. The van der Waals surface area contributed by atoms with Crippen molar-refractivity contribution in [3.63, 3.8) is 0 Å². The maximum Gasteiger partial charge on any atom is 0.246 e. The van der Waals surface area contributed by atoms with Crippen molar-refractivity contribution in [3.8, 4) is 0 Å². The lowest BCUT2D eigenvalue weighted by molar-refractivity contribution is -0.130. The minimum atomic E-state index is -0.295. The Morgan fingerprint density at radius 1 is 1.33 bits per heavy atom. The molecule has 4 nitrogen and oxygen atoms in total. The summed E-state index contributed by atoms with van der Waals surface area (Å²) in [5.41, 5.74) is 7.37. The van der Waals surface area contributed by atoms with Crippen LogP contribution in [0.1, 0.15) is 31.9 Å². The molecule has 0 saturated heterocycles. The second-order valence-electron chi connectivity index (χ2n) is 5.20. The average Bonchev–Trinajstić information content (AvgIpc) is 2.33. The molecule has 0 bridgehead atoms. The van der Waals surface area contributed by atoms with Gasteiger partial charge in [-0.1, -0.05) is 24.3 Å². The first kappa shape index (κ1) is 14.7. The molecule has 0 aliphatic carbocycles. The Hall–Kier alpha value is -1.39. The van der Waals surface area contributed by atoms with Gasteiger partial charge in [-0.05, 0) is 31.9 Å². The molecule has 3 N–H and O–H groups in total. The smallest absolute Gasteiger partial charge is 0.246 e. The first-order valence-corrected chi connectivity index (χ1v) is 6.09. The van der Waals surface area contributed by atoms with E-state index < -0.39 is 0 Å². The van der Waals surface area contributed by atoms with E-state index in [1.807, 2.05) is 45.0 Å². The average molecular weight is 250 g/mol. The quantitative estimate of drug-likeness (QED) is 0.834. The highest BCUT2D eigenvalue weighted by molar-refractivity contribution is 5.77. The van der Waals surface area contributed by atoms with Crippen LogP contribution in [0.5, 0.6) is 0 Å². The molecule has 1 amide bonds. The summed E-state index contributed by atoms with van der Waals surface area (Å²) in [4.78, 5) is 11.6. The van der Waals surface area contributed by atoms with Gasteiger partial charge in [0.05, 0.1) is 5.60 Å². The van der Waals surface area contributed by atoms with Gasteiger partial charge >= 0.3 is 0 Å². The van der Waals surface area contributed by atoms with E-state index in [0.29, 0.717) is 13.1 Å². The van der Waals surface area contributed by atoms with E-state index in [4.69, 9.17) is 10.5 Å². The van der Waals surface area contributed by atoms with Crippen LogP contribution in [0.15, 0.2) is 24.3 Å². The largest absolute Gasteiger partial charge is 0.366 e. The third kappa shape index (κ3) is 5.80. The van der Waals surface area contributed by atoms with E-state index in [1.165, 1.54) is 0 Å². The van der Waals surface area contributed by atoms with Crippen molar-refractivity contribution in [2.24, 2.45) is 5.73 Å². The second-order valence-corrected chi connectivity index (χ2v) is 5.20. The van der Waals surface area contributed by atoms with Gasteiger partial charge in [-0.25, -0.2) is 0 Å². The molecule has 0 aromatic heterocycles. The molecular weight excluding hydrogens is 228 g/mol. The number of rotatable bonds is 5. The molecule has 18 heavy (non-hydrogen) atoms. The Labute approximate surface area is 109 Å². The highest BCUT2D eigenvalue weighted by Gasteiger charge is 2.12. The molecule has 0 fully saturated rings. The standard InChI is InChI=1S/C14H22N2O2/c1-14(2,3)18-10-13(17)16-9-12-6-4-5-11(7-12)8-15/h4-7H,8-10,15H2,1-3H3,(H,16,17). The molecule has 0 atom stereocenters. The molecule has 4 heteroatoms. The number of ether oxygens (including phenoxy) is 1. The first-order chi connectivity index (χ1) is 8.40. The molecule has 0 aliphatic rings. The first-order valence-electron chi connectivity index (χ1n) is 6.09. The lowest BCUT2D eigenvalue weighted by Crippen LogP contribution is -2.31. The molecule has 0 radical (unpaired) electrons. The van der Waals surface area contributed by atoms with Crippen molar-refractivity contribution in [1.29, 1.82) is 0 Å². The molecule has 100 valence electrons. The van der Waals surface area contributed by atoms with Crippen molar-refractivity contribution in [2.75, 3.05) is 6.61 Å². The van der Waals surface area contributed by atoms with E-state index >= 15 is 0 Å². The molecule has 0 unspecified atom stereocenters. The van der Waals surface area contributed by atoms with Gasteiger partial charge in [-0.2, -0.15) is 0 Å². The molecular formula is C14H22N2O2. The van der Waals surface area contributed by atoms with Crippen LogP contribution in [0.2, 0.25) is 0 Å². The lowest BCUT2D eigenvalue weighted by Gasteiger charge is -2.19. The van der Waals surface area contributed by atoms with Crippen molar-refractivity contribution in [2.45, 2.75) is 39.5 Å². The minimum Gasteiger partial charge on any atom is -0.366 e. The predicted octanol–water partition coefficient (Wildman–Crippen LogP) is 1.58. The summed E-state index contributed by atoms with van der Waals surface area (Å²) in [5, 5.41) is 2.82. The Bertz CT molecular complexity index is 397. The fraction of sp³-hybridized carbons (Fsp3) is 0.500. The number of nitrogens with one attached hydrogen (secondary N) is 1. The Morgan fingerprint density at radius 2 is 2.00 bits per heavy atom. The number of hydrogen-bond donors (Lipinski definition) is 2. The maximum atomic E-state index is 11.6. The summed E-state index contributed by atoms with van der Waals surface area (Å²) < 4.78 is 5.39. The zero-order valence-electron chi connectivity index (χ0n) is 11.3. The molecule has 0 saturated carbocycles. The molecule has 1 aromatic rings. The van der Waals surface area contributed by atoms with Crippen LogP contribution in [0.4, 0.5) is 0 Å². The summed E-state index contributed by atoms with van der Waals surface area (Å²) in [6.07, 6.45) is 0. The molecule has 0 spiro atoms. The van der Waals surface area contributed by atoms with Gasteiger partial charge < -0.3 is 15.8 Å². The van der Waals surface area contributed by atoms with E-state index in [9.17, 15) is 4.79 Å². The Morgan fingerprint density at radius 3 is 2.61 bits per heavy atom. The van der Waals surface area contributed by atoms with Crippen LogP contribution in [-0.2, 0) is 22.6 Å². The van der Waals surface area contributed by atoms with Gasteiger partial charge in [0.25, 0.3) is 0 Å². The normalized spacial score (nSPS) is 11.3. The van der Waals surface area contributed by atoms with Crippen LogP contribution < -0.4 is 11.1 Å². The van der Waals surface area contributed by atoms with Crippen LogP contribution >= 0.6 is 0 Å². The van der Waals surface area contributed by atoms with Gasteiger partial charge in [-0.3, -0.25) is 4.79 Å². The summed E-state index contributed by atoms with van der Waals surface area (Å²) >= 11 is 0. The summed E-state index contributed by atoms with van der Waals surface area (Å²) in [7, 11) is 0. The van der Waals surface area contributed by atoms with Crippen LogP contribution in [0.25, 0.3) is 0 Å². The summed E-state index contributed by atoms with van der Waals surface area (Å²) in [6.45, 7) is 6.86. The summed E-state index contributed by atoms with van der Waals surface area (Å²) in [5.74, 6) is -0.108. The monoisotopic (exact) mass is 250 g/mol. The third-order valence-corrected chi connectivity index (χ3v) is 2.35. The number of carbonyl (C=O) groups excluding carboxylic acids is 1. The SMILES string of the molecule is CC(C)(C)OCC(=O)NCc1cccc(CN)c1. The van der Waals surface area contributed by atoms with Crippen molar-refractivity contribution >= 4 is 5.91 Å². The maximum absolute atomic E-state index is 11.6. The Kier molecular flexibility index (Phi) is 5.31. The number of benzene rings is 1. The molecule has 1 rings (SSSR count). The summed E-state index contributed by atoms with van der Waals surface area (Å²) in [6, 6.07) is 7.86. The fourth-order valence-electron chi connectivity index (χ4n) is 1.40. The highest BCUT2D eigenvalue weighted by Crippen LogP contribution is 2.06. The second kappa shape index (κ2) is 6.52. The predicted molar refractivity (Wildman–Crippen MR) is 71.9 cm³/mol. The van der Waals surface area contributed by atoms with E-state index in [1.54, 1.807) is 0 Å². The van der Waals surface area contributed by atoms with Crippen molar-refractivity contribution in [1.82, 2.24) is 5.32 Å². The number of carbonyl (C=O) groups is 1. The lowest BCUT2D eigenvalue weighted by atomic mass is 10.1. The highest BCUT2D eigenvalue weighted by atomic mass is 16.5. The van der Waals surface area contributed by atoms with Crippen LogP contribution in [0.3, 0.4) is 0 Å². The fourth-order valence-corrected chi connectivity index (χ4v) is 1.40. The van der Waals surface area contributed by atoms with Gasteiger partial charge in [0.1, 0.15) is 6.61 Å². The van der Waals surface area contributed by atoms with E-state index in [-0.39, 0.29) is 18.1 Å². The van der Waals surface area contributed by atoms with Crippen LogP contribution in [-0.4, -0.2) is 18.1 Å². The zero-order chi connectivity index (χ0) is 13.6. The minimum absolute atomic E-state index is 0.0834. The van der Waals surface area contributed by atoms with Gasteiger partial charge in [0.15, 0.2) is 0 Å². The Balaban J connectivity index is 2.38. The number of nitrogens with two attached hydrogens (primary N) is 1. The molecule has 0 aliphatic heterocycles. The van der Waals surface area contributed by atoms with Gasteiger partial charge in [0, 0.05) is 13.1 Å². The number of amides is 1. The third-order valence-electron chi connectivity index (χ3n) is 2.35. The van der Waals surface area contributed by atoms with Gasteiger partial charge in [-0.15, -0.1) is 0 Å². The molecule has 0 heterocycles. The van der Waals surface area contributed by atoms with Crippen molar-refractivity contribution in [3.05, 3.63) is 35.4 Å². The topological polar surface area (TPSA) is 64.3 Å². The van der Waals surface area contributed by atoms with E-state index in [0.717, 1.165) is 11.1 Å². The van der Waals surface area contributed by atoms with Gasteiger partial charge in [0.2, 0.25) is 5.91 Å². The zero-order valence-corrected chi connectivity index (χ0v) is 11.3. The van der Waals surface area contributed by atoms with Crippen molar-refractivity contribution < 1.29 is 9.53 Å². The molecule has 1 aromatic carbocycles.